The molecule has 0 aromatic heterocycles. The fraction of sp³-hybridized carbons (Fsp3) is 0.889. The van der Waals surface area contributed by atoms with Crippen LogP contribution in [-0.2, 0) is 18.4 Å². The molecule has 0 aliphatic rings. The number of carbonyl (C=O) groups is 1. The Morgan fingerprint density at radius 3 is 1.48 bits per heavy atom. The maximum absolute atomic E-state index is 12.9. The van der Waals surface area contributed by atoms with Crippen LogP contribution in [0.15, 0.2) is 24.3 Å². The first kappa shape index (κ1) is 53.0. The molecule has 3 atom stereocenters. The summed E-state index contributed by atoms with van der Waals surface area (Å²) < 4.78 is 23.5. The van der Waals surface area contributed by atoms with E-state index >= 15 is 0 Å². The van der Waals surface area contributed by atoms with Crippen molar-refractivity contribution in [3.63, 3.8) is 0 Å². The summed E-state index contributed by atoms with van der Waals surface area (Å²) in [6.45, 7) is 4.80. The quantitative estimate of drug-likeness (QED) is 0.0247. The predicted molar refractivity (Wildman–Crippen MR) is 231 cm³/mol. The molecular formula is C45H90N2O6P+. The highest BCUT2D eigenvalue weighted by Crippen LogP contribution is 2.43. The Labute approximate surface area is 334 Å². The second-order valence-corrected chi connectivity index (χ2v) is 18.2. The summed E-state index contributed by atoms with van der Waals surface area (Å²) in [5.74, 6) is -0.185. The largest absolute Gasteiger partial charge is 0.472 e. The Hall–Kier alpha value is -1.02. The van der Waals surface area contributed by atoms with Crippen LogP contribution in [-0.4, -0.2) is 73.4 Å². The summed E-state index contributed by atoms with van der Waals surface area (Å²) in [5, 5.41) is 13.8. The SMILES string of the molecule is CCCCCCCCCC/C=C/CC/C=C/[C@@H](O)[C@H](COP(=O)(O)OCC[N+](C)(C)C)NC(=O)CCCCCCCCCCCCCCCCCCCC. The van der Waals surface area contributed by atoms with Crippen LogP contribution in [0.3, 0.4) is 0 Å². The highest BCUT2D eigenvalue weighted by atomic mass is 31.2. The average Bonchev–Trinajstić information content (AvgIpc) is 3.12. The van der Waals surface area contributed by atoms with Crippen molar-refractivity contribution in [2.24, 2.45) is 0 Å². The molecule has 320 valence electrons. The number of unbranched alkanes of at least 4 members (excludes halogenated alkanes) is 26. The van der Waals surface area contributed by atoms with Crippen molar-refractivity contribution < 1.29 is 32.9 Å². The van der Waals surface area contributed by atoms with Crippen molar-refractivity contribution in [2.45, 2.75) is 219 Å². The molecule has 0 heterocycles. The van der Waals surface area contributed by atoms with Crippen LogP contribution in [0.2, 0.25) is 0 Å². The van der Waals surface area contributed by atoms with Crippen LogP contribution in [0.5, 0.6) is 0 Å². The topological polar surface area (TPSA) is 105 Å². The molecule has 0 fully saturated rings. The Morgan fingerprint density at radius 2 is 1.02 bits per heavy atom. The molecular weight excluding hydrogens is 695 g/mol. The normalized spacial score (nSPS) is 14.6. The van der Waals surface area contributed by atoms with Crippen LogP contribution in [0.1, 0.15) is 206 Å². The van der Waals surface area contributed by atoms with E-state index in [9.17, 15) is 19.4 Å². The van der Waals surface area contributed by atoms with Crippen LogP contribution < -0.4 is 5.32 Å². The lowest BCUT2D eigenvalue weighted by molar-refractivity contribution is -0.870. The van der Waals surface area contributed by atoms with Crippen molar-refractivity contribution in [1.82, 2.24) is 5.32 Å². The second kappa shape index (κ2) is 37.6. The van der Waals surface area contributed by atoms with Gasteiger partial charge in [-0.25, -0.2) is 4.57 Å². The minimum Gasteiger partial charge on any atom is -0.387 e. The summed E-state index contributed by atoms with van der Waals surface area (Å²) in [7, 11) is 1.56. The molecule has 0 saturated heterocycles. The first-order chi connectivity index (χ1) is 26.0. The third-order valence-corrected chi connectivity index (χ3v) is 11.2. The van der Waals surface area contributed by atoms with Gasteiger partial charge in [-0.2, -0.15) is 0 Å². The third-order valence-electron chi connectivity index (χ3n) is 10.2. The molecule has 0 aliphatic carbocycles. The predicted octanol–water partition coefficient (Wildman–Crippen LogP) is 12.5. The van der Waals surface area contributed by atoms with Gasteiger partial charge >= 0.3 is 7.82 Å². The zero-order chi connectivity index (χ0) is 40.0. The van der Waals surface area contributed by atoms with Crippen molar-refractivity contribution >= 4 is 13.7 Å². The molecule has 0 bridgehead atoms. The van der Waals surface area contributed by atoms with Gasteiger partial charge in [-0.05, 0) is 32.1 Å². The molecule has 54 heavy (non-hydrogen) atoms. The standard InChI is InChI=1S/C45H89N2O6P/c1-6-8-10-12-14-16-18-20-22-23-24-25-27-29-31-33-35-37-39-45(49)46-43(42-53-54(50,51)52-41-40-47(3,4)5)44(48)38-36-34-32-30-28-26-21-19-17-15-13-11-9-7-2/h28,30,36,38,43-44,48H,6-27,29,31-35,37,39-42H2,1-5H3,(H-,46,49,50,51)/p+1/b30-28+,38-36+/t43-,44+/m0/s1. The summed E-state index contributed by atoms with van der Waals surface area (Å²) in [6, 6.07) is -0.857. The summed E-state index contributed by atoms with van der Waals surface area (Å²) in [5.41, 5.74) is 0. The summed E-state index contributed by atoms with van der Waals surface area (Å²) in [6.07, 6.45) is 43.9. The Morgan fingerprint density at radius 1 is 0.611 bits per heavy atom. The van der Waals surface area contributed by atoms with Crippen molar-refractivity contribution in [1.29, 1.82) is 0 Å². The zero-order valence-electron chi connectivity index (χ0n) is 36.2. The molecule has 8 nitrogen and oxygen atoms in total. The van der Waals surface area contributed by atoms with E-state index < -0.39 is 20.0 Å². The van der Waals surface area contributed by atoms with Crippen molar-refractivity contribution in [2.75, 3.05) is 40.9 Å². The molecule has 3 N–H and O–H groups in total. The van der Waals surface area contributed by atoms with E-state index in [1.807, 2.05) is 27.2 Å². The summed E-state index contributed by atoms with van der Waals surface area (Å²) in [4.78, 5) is 23.1. The molecule has 0 radical (unpaired) electrons. The lowest BCUT2D eigenvalue weighted by Gasteiger charge is -2.25. The lowest BCUT2D eigenvalue weighted by Crippen LogP contribution is -2.45. The number of aliphatic hydroxyl groups excluding tert-OH is 1. The molecule has 1 unspecified atom stereocenters. The number of carbonyl (C=O) groups excluding carboxylic acids is 1. The Kier molecular flexibility index (Phi) is 36.8. The second-order valence-electron chi connectivity index (χ2n) is 16.8. The molecule has 0 spiro atoms. The molecule has 0 aromatic carbocycles. The van der Waals surface area contributed by atoms with E-state index in [0.29, 0.717) is 17.4 Å². The van der Waals surface area contributed by atoms with Gasteiger partial charge in [-0.1, -0.05) is 192 Å². The molecule has 9 heteroatoms. The summed E-state index contributed by atoms with van der Waals surface area (Å²) >= 11 is 0. The molecule has 0 saturated carbocycles. The van der Waals surface area contributed by atoms with Gasteiger partial charge in [0.15, 0.2) is 0 Å². The first-order valence-corrected chi connectivity index (χ1v) is 24.2. The highest BCUT2D eigenvalue weighted by molar-refractivity contribution is 7.47. The average molecular weight is 786 g/mol. The number of nitrogens with one attached hydrogen (secondary N) is 1. The number of aliphatic hydroxyl groups is 1. The van der Waals surface area contributed by atoms with Gasteiger partial charge in [-0.15, -0.1) is 0 Å². The third kappa shape index (κ3) is 39.2. The Bertz CT molecular complexity index is 938. The van der Waals surface area contributed by atoms with Gasteiger partial charge in [0, 0.05) is 6.42 Å². The van der Waals surface area contributed by atoms with Gasteiger partial charge < -0.3 is 19.8 Å². The Balaban J connectivity index is 4.40. The molecule has 0 rings (SSSR count). The van der Waals surface area contributed by atoms with Crippen LogP contribution in [0.25, 0.3) is 0 Å². The number of likely N-dealkylation sites (N-methyl/N-ethyl adjacent to an activating group) is 1. The van der Waals surface area contributed by atoms with Crippen LogP contribution in [0, 0.1) is 0 Å². The molecule has 0 aromatic rings. The van der Waals surface area contributed by atoms with Gasteiger partial charge in [-0.3, -0.25) is 13.8 Å². The molecule has 0 aliphatic heterocycles. The maximum atomic E-state index is 12.9. The van der Waals surface area contributed by atoms with Crippen LogP contribution in [0.4, 0.5) is 0 Å². The van der Waals surface area contributed by atoms with E-state index in [4.69, 9.17) is 9.05 Å². The zero-order valence-corrected chi connectivity index (χ0v) is 37.1. The van der Waals surface area contributed by atoms with E-state index in [-0.39, 0.29) is 19.1 Å². The fourth-order valence-electron chi connectivity index (χ4n) is 6.53. The number of hydrogen-bond acceptors (Lipinski definition) is 5. The van der Waals surface area contributed by atoms with Crippen molar-refractivity contribution in [3.8, 4) is 0 Å². The molecule has 1 amide bonds. The van der Waals surface area contributed by atoms with Crippen molar-refractivity contribution in [3.05, 3.63) is 24.3 Å². The van der Waals surface area contributed by atoms with E-state index in [0.717, 1.165) is 38.5 Å². The minimum atomic E-state index is -4.34. The lowest BCUT2D eigenvalue weighted by atomic mass is 10.0. The monoisotopic (exact) mass is 786 g/mol. The number of quaternary nitrogens is 1. The maximum Gasteiger partial charge on any atom is 0.472 e. The number of rotatable bonds is 41. The minimum absolute atomic E-state index is 0.0582. The number of phosphoric ester groups is 1. The number of allylic oxidation sites excluding steroid dienone is 3. The fourth-order valence-corrected chi connectivity index (χ4v) is 7.26. The number of amides is 1. The van der Waals surface area contributed by atoms with Gasteiger partial charge in [0.05, 0.1) is 39.9 Å². The van der Waals surface area contributed by atoms with Gasteiger partial charge in [0.2, 0.25) is 5.91 Å². The first-order valence-electron chi connectivity index (χ1n) is 22.7. The van der Waals surface area contributed by atoms with E-state index in [1.165, 1.54) is 148 Å². The smallest absolute Gasteiger partial charge is 0.387 e. The van der Waals surface area contributed by atoms with Crippen LogP contribution >= 0.6 is 7.82 Å². The number of nitrogens with zero attached hydrogens (tertiary/aromatic N) is 1. The van der Waals surface area contributed by atoms with Gasteiger partial charge in [0.25, 0.3) is 0 Å². The van der Waals surface area contributed by atoms with E-state index in [1.54, 1.807) is 6.08 Å². The highest BCUT2D eigenvalue weighted by Gasteiger charge is 2.27. The van der Waals surface area contributed by atoms with Gasteiger partial charge in [0.1, 0.15) is 13.2 Å². The van der Waals surface area contributed by atoms with E-state index in [2.05, 4.69) is 31.3 Å². The number of phosphoric acid groups is 1. The number of hydrogen-bond donors (Lipinski definition) is 3.